The molecule has 1 aromatic carbocycles. The molecule has 0 aromatic heterocycles. The number of primary amides is 1. The molecule has 34 heavy (non-hydrogen) atoms. The molecule has 1 saturated carbocycles. The average Bonchev–Trinajstić information content (AvgIpc) is 2.70. The van der Waals surface area contributed by atoms with Crippen LogP contribution in [-0.4, -0.2) is 84.9 Å². The number of hydrogen-bond acceptors (Lipinski definition) is 10. The van der Waals surface area contributed by atoms with Crippen LogP contribution in [0.25, 0.3) is 5.76 Å². The summed E-state index contributed by atoms with van der Waals surface area (Å²) in [6.07, 6.45) is -1.87. The molecule has 1 fully saturated rings. The van der Waals surface area contributed by atoms with Crippen LogP contribution in [0.1, 0.15) is 18.1 Å². The fourth-order valence-electron chi connectivity index (χ4n) is 5.60. The third kappa shape index (κ3) is 2.88. The third-order valence-corrected chi connectivity index (χ3v) is 7.03. The molecule has 0 aliphatic heterocycles. The molecule has 0 saturated heterocycles. The lowest BCUT2D eigenvalue weighted by molar-refractivity contribution is -0.181. The molecule has 0 heterocycles. The Morgan fingerprint density at radius 2 is 1.71 bits per heavy atom. The molecule has 8 N–H and O–H groups in total. The van der Waals surface area contributed by atoms with Crippen molar-refractivity contribution in [1.82, 2.24) is 4.90 Å². The van der Waals surface area contributed by atoms with Gasteiger partial charge in [-0.2, -0.15) is 0 Å². The number of carbonyl (C=O) groups is 3. The van der Waals surface area contributed by atoms with Crippen LogP contribution < -0.4 is 5.73 Å². The van der Waals surface area contributed by atoms with Crippen molar-refractivity contribution in [2.24, 2.45) is 17.6 Å². The number of likely N-dealkylation sites (N-methyl/N-ethyl adjacent to an activating group) is 1. The number of phenols is 1. The Labute approximate surface area is 199 Å². The zero-order chi connectivity index (χ0) is 24.8. The van der Waals surface area contributed by atoms with Gasteiger partial charge in [-0.15, -0.1) is 12.4 Å². The first-order valence-electron chi connectivity index (χ1n) is 10.1. The molecule has 184 valence electrons. The van der Waals surface area contributed by atoms with E-state index in [-0.39, 0.29) is 23.5 Å². The summed E-state index contributed by atoms with van der Waals surface area (Å²) in [5.74, 6) is -9.67. The average molecular weight is 497 g/mol. The highest BCUT2D eigenvalue weighted by molar-refractivity contribution is 6.24. The van der Waals surface area contributed by atoms with Gasteiger partial charge in [0.2, 0.25) is 5.78 Å². The minimum atomic E-state index is -3.02. The van der Waals surface area contributed by atoms with E-state index in [0.29, 0.717) is 0 Å². The van der Waals surface area contributed by atoms with Crippen molar-refractivity contribution in [1.29, 1.82) is 0 Å². The predicted molar refractivity (Wildman–Crippen MR) is 119 cm³/mol. The molecule has 3 aliphatic carbocycles. The molecule has 0 spiro atoms. The zero-order valence-corrected chi connectivity index (χ0v) is 19.2. The SMILES string of the molecule is CN(C)[C@@H]1C(=O)C(C(N)=O)=C(O)[C@@]2(O)C(=O)C3=C(O)c4c(O)cccc4[C@@](C)(O)C3C(O)C12.Cl. The van der Waals surface area contributed by atoms with Gasteiger partial charge in [0.15, 0.2) is 11.4 Å². The van der Waals surface area contributed by atoms with Gasteiger partial charge in [0.05, 0.1) is 40.7 Å². The highest BCUT2D eigenvalue weighted by Gasteiger charge is 2.70. The molecule has 4 rings (SSSR count). The third-order valence-electron chi connectivity index (χ3n) is 7.03. The van der Waals surface area contributed by atoms with Crippen molar-refractivity contribution < 1.29 is 45.0 Å². The number of phenolic OH excluding ortho intramolecular Hbond substituents is 1. The van der Waals surface area contributed by atoms with Crippen molar-refractivity contribution >= 4 is 35.6 Å². The van der Waals surface area contributed by atoms with Crippen molar-refractivity contribution in [3.05, 3.63) is 46.2 Å². The Balaban J connectivity index is 0.00000324. The Kier molecular flexibility index (Phi) is 5.88. The van der Waals surface area contributed by atoms with Crippen LogP contribution in [0.2, 0.25) is 0 Å². The minimum absolute atomic E-state index is 0. The van der Waals surface area contributed by atoms with Crippen LogP contribution in [0.15, 0.2) is 35.1 Å². The maximum atomic E-state index is 13.7. The molecule has 3 aliphatic rings. The van der Waals surface area contributed by atoms with Crippen LogP contribution in [0.3, 0.4) is 0 Å². The summed E-state index contributed by atoms with van der Waals surface area (Å²) >= 11 is 0. The summed E-state index contributed by atoms with van der Waals surface area (Å²) in [6, 6.07) is 2.50. The fourth-order valence-corrected chi connectivity index (χ4v) is 5.60. The Bertz CT molecular complexity index is 1190. The van der Waals surface area contributed by atoms with Crippen molar-refractivity contribution in [2.75, 3.05) is 14.1 Å². The number of aliphatic hydroxyl groups excluding tert-OH is 3. The summed E-state index contributed by atoms with van der Waals surface area (Å²) in [6.45, 7) is 1.25. The Morgan fingerprint density at radius 3 is 2.24 bits per heavy atom. The topological polar surface area (TPSA) is 202 Å². The summed E-state index contributed by atoms with van der Waals surface area (Å²) < 4.78 is 0. The molecular weight excluding hydrogens is 472 g/mol. The first-order chi connectivity index (χ1) is 15.2. The van der Waals surface area contributed by atoms with Gasteiger partial charge in [-0.05, 0) is 32.6 Å². The quantitative estimate of drug-likeness (QED) is 0.249. The highest BCUT2D eigenvalue weighted by Crippen LogP contribution is 2.57. The maximum absolute atomic E-state index is 13.7. The van der Waals surface area contributed by atoms with E-state index in [0.717, 1.165) is 0 Å². The number of rotatable bonds is 2. The molecule has 1 aromatic rings. The number of hydrogen-bond donors (Lipinski definition) is 7. The summed E-state index contributed by atoms with van der Waals surface area (Å²) in [5.41, 5.74) is -1.78. The predicted octanol–water partition coefficient (Wildman–Crippen LogP) is -0.978. The van der Waals surface area contributed by atoms with Gasteiger partial charge in [-0.3, -0.25) is 19.3 Å². The monoisotopic (exact) mass is 496 g/mol. The van der Waals surface area contributed by atoms with Crippen LogP contribution in [0, 0.1) is 11.8 Å². The molecule has 3 unspecified atom stereocenters. The second-order valence-electron chi connectivity index (χ2n) is 9.06. The van der Waals surface area contributed by atoms with Crippen molar-refractivity contribution in [2.45, 2.75) is 30.3 Å². The van der Waals surface area contributed by atoms with Gasteiger partial charge in [0, 0.05) is 0 Å². The molecule has 11 nitrogen and oxygen atoms in total. The Hall–Kier alpha value is -2.96. The number of ketones is 2. The van der Waals surface area contributed by atoms with E-state index in [4.69, 9.17) is 5.73 Å². The van der Waals surface area contributed by atoms with E-state index in [2.05, 4.69) is 0 Å². The second kappa shape index (κ2) is 7.79. The molecule has 0 bridgehead atoms. The minimum Gasteiger partial charge on any atom is -0.508 e. The maximum Gasteiger partial charge on any atom is 0.255 e. The lowest BCUT2D eigenvalue weighted by atomic mass is 9.53. The van der Waals surface area contributed by atoms with Crippen LogP contribution in [-0.2, 0) is 20.0 Å². The summed E-state index contributed by atoms with van der Waals surface area (Å²) in [4.78, 5) is 39.9. The standard InChI is InChI=1S/C22H24N2O9.ClH/c1-21(32)7-5-4-6-8(25)9(7)15(26)10-12(21)17(28)13-14(24(2)3)16(27)11(20(23)31)19(30)22(13,33)18(10)29;/h4-6,12-14,17,25-26,28,30,32-33H,1-3H3,(H2,23,31);1H/t12?,13?,14-,17?,21+,22-;/m0./s1. The van der Waals surface area contributed by atoms with Crippen LogP contribution in [0.4, 0.5) is 0 Å². The number of carbonyl (C=O) groups excluding carboxylic acids is 3. The number of fused-ring (bicyclic) bond motifs is 3. The zero-order valence-electron chi connectivity index (χ0n) is 18.4. The molecule has 0 radical (unpaired) electrons. The highest BCUT2D eigenvalue weighted by atomic mass is 35.5. The van der Waals surface area contributed by atoms with E-state index in [1.165, 1.54) is 44.1 Å². The second-order valence-corrected chi connectivity index (χ2v) is 9.06. The first-order valence-corrected chi connectivity index (χ1v) is 10.1. The van der Waals surface area contributed by atoms with E-state index in [1.807, 2.05) is 0 Å². The number of aliphatic hydroxyl groups is 5. The van der Waals surface area contributed by atoms with E-state index >= 15 is 0 Å². The normalized spacial score (nSPS) is 34.9. The lowest BCUT2D eigenvalue weighted by Crippen LogP contribution is -2.71. The number of nitrogens with two attached hydrogens (primary N) is 1. The van der Waals surface area contributed by atoms with Gasteiger partial charge < -0.3 is 36.4 Å². The summed E-state index contributed by atoms with van der Waals surface area (Å²) in [5, 5.41) is 66.3. The van der Waals surface area contributed by atoms with E-state index < -0.39 is 81.1 Å². The van der Waals surface area contributed by atoms with Gasteiger partial charge in [0.1, 0.15) is 22.8 Å². The molecule has 1 amide bonds. The number of nitrogens with zero attached hydrogens (tertiary/aromatic N) is 1. The van der Waals surface area contributed by atoms with E-state index in [1.54, 1.807) is 0 Å². The lowest BCUT2D eigenvalue weighted by Gasteiger charge is -2.55. The van der Waals surface area contributed by atoms with Crippen LogP contribution in [0.5, 0.6) is 5.75 Å². The first kappa shape index (κ1) is 25.7. The number of halogens is 1. The summed E-state index contributed by atoms with van der Waals surface area (Å²) in [7, 11) is 2.80. The van der Waals surface area contributed by atoms with E-state index in [9.17, 15) is 45.0 Å². The van der Waals surface area contributed by atoms with Crippen molar-refractivity contribution in [3.8, 4) is 5.75 Å². The smallest absolute Gasteiger partial charge is 0.255 e. The van der Waals surface area contributed by atoms with Gasteiger partial charge in [-0.25, -0.2) is 0 Å². The van der Waals surface area contributed by atoms with Gasteiger partial charge in [-0.1, -0.05) is 12.1 Å². The van der Waals surface area contributed by atoms with Gasteiger partial charge in [0.25, 0.3) is 5.91 Å². The molecular formula is C22H25ClN2O9. The van der Waals surface area contributed by atoms with Crippen LogP contribution >= 0.6 is 12.4 Å². The largest absolute Gasteiger partial charge is 0.508 e. The molecule has 12 heteroatoms. The number of benzene rings is 1. The number of aromatic hydroxyl groups is 1. The number of amides is 1. The van der Waals surface area contributed by atoms with Crippen molar-refractivity contribution in [3.63, 3.8) is 0 Å². The fraction of sp³-hybridized carbons (Fsp3) is 0.409. The molecule has 6 atom stereocenters. The number of Topliss-reactive ketones (excluding diaryl/α,β-unsaturated/α-hetero) is 2. The van der Waals surface area contributed by atoms with Gasteiger partial charge >= 0.3 is 0 Å². The Morgan fingerprint density at radius 1 is 1.12 bits per heavy atom.